The molecule has 1 N–H and O–H groups in total. The van der Waals surface area contributed by atoms with Crippen LogP contribution < -0.4 is 9.64 Å². The molecular weight excluding hydrogens is 359 g/mol. The van der Waals surface area contributed by atoms with Gasteiger partial charge in [0.1, 0.15) is 17.3 Å². The maximum Gasteiger partial charge on any atom is 0.226 e. The molecule has 150 valence electrons. The molecule has 1 amide bonds. The number of ether oxygens (including phenoxy) is 1. The third kappa shape index (κ3) is 4.62. The van der Waals surface area contributed by atoms with Crippen molar-refractivity contribution in [1.82, 2.24) is 4.90 Å². The normalized spacial score (nSPS) is 15.4. The first-order valence-electron chi connectivity index (χ1n) is 9.67. The van der Waals surface area contributed by atoms with E-state index in [1.165, 1.54) is 12.1 Å². The molecule has 0 radical (unpaired) electrons. The zero-order valence-corrected chi connectivity index (χ0v) is 16.4. The minimum Gasteiger partial charge on any atom is -0.507 e. The van der Waals surface area contributed by atoms with Crippen LogP contribution >= 0.6 is 0 Å². The Hall–Kier alpha value is -2.60. The number of carbonyl (C=O) groups is 1. The molecule has 1 fully saturated rings. The molecular formula is C22H27FN2O3. The van der Waals surface area contributed by atoms with Crippen molar-refractivity contribution in [3.63, 3.8) is 0 Å². The van der Waals surface area contributed by atoms with Crippen LogP contribution in [0.15, 0.2) is 42.5 Å². The fraction of sp³-hybridized carbons (Fsp3) is 0.409. The van der Waals surface area contributed by atoms with E-state index in [1.807, 2.05) is 24.0 Å². The number of methoxy groups -OCH3 is 1. The van der Waals surface area contributed by atoms with Gasteiger partial charge in [0.15, 0.2) is 0 Å². The molecule has 0 spiro atoms. The van der Waals surface area contributed by atoms with Gasteiger partial charge in [0, 0.05) is 49.4 Å². The fourth-order valence-electron chi connectivity index (χ4n) is 3.71. The Labute approximate surface area is 165 Å². The van der Waals surface area contributed by atoms with Gasteiger partial charge >= 0.3 is 0 Å². The highest BCUT2D eigenvalue weighted by Gasteiger charge is 2.28. The predicted octanol–water partition coefficient (Wildman–Crippen LogP) is 3.95. The maximum absolute atomic E-state index is 13.3. The van der Waals surface area contributed by atoms with Crippen LogP contribution in [-0.2, 0) is 11.3 Å². The number of aromatic hydroxyl groups is 1. The van der Waals surface area contributed by atoms with E-state index in [4.69, 9.17) is 4.74 Å². The number of hydrogen-bond acceptors (Lipinski definition) is 4. The highest BCUT2D eigenvalue weighted by atomic mass is 19.1. The fourth-order valence-corrected chi connectivity index (χ4v) is 3.71. The second kappa shape index (κ2) is 9.06. The van der Waals surface area contributed by atoms with Gasteiger partial charge in [-0.15, -0.1) is 0 Å². The summed E-state index contributed by atoms with van der Waals surface area (Å²) in [5.41, 5.74) is 1.61. The first-order chi connectivity index (χ1) is 13.5. The highest BCUT2D eigenvalue weighted by molar-refractivity contribution is 5.93. The lowest BCUT2D eigenvalue weighted by Crippen LogP contribution is -2.47. The second-order valence-electron chi connectivity index (χ2n) is 7.10. The van der Waals surface area contributed by atoms with E-state index in [0.29, 0.717) is 18.7 Å². The van der Waals surface area contributed by atoms with E-state index in [0.717, 1.165) is 37.2 Å². The zero-order valence-electron chi connectivity index (χ0n) is 16.4. The smallest absolute Gasteiger partial charge is 0.226 e. The molecule has 2 aromatic carbocycles. The number of halogens is 1. The van der Waals surface area contributed by atoms with Gasteiger partial charge in [-0.3, -0.25) is 9.69 Å². The molecule has 2 aromatic rings. The first-order valence-corrected chi connectivity index (χ1v) is 9.67. The lowest BCUT2D eigenvalue weighted by molar-refractivity contribution is -0.119. The quantitative estimate of drug-likeness (QED) is 0.817. The molecule has 1 saturated heterocycles. The molecule has 0 aliphatic carbocycles. The third-order valence-corrected chi connectivity index (χ3v) is 5.28. The van der Waals surface area contributed by atoms with Crippen molar-refractivity contribution in [1.29, 1.82) is 0 Å². The molecule has 0 bridgehead atoms. The summed E-state index contributed by atoms with van der Waals surface area (Å²) in [6.45, 7) is 4.15. The number of likely N-dealkylation sites (tertiary alicyclic amines) is 1. The number of benzene rings is 2. The van der Waals surface area contributed by atoms with Gasteiger partial charge in [0.05, 0.1) is 7.11 Å². The summed E-state index contributed by atoms with van der Waals surface area (Å²) in [4.78, 5) is 16.6. The second-order valence-corrected chi connectivity index (χ2v) is 7.10. The van der Waals surface area contributed by atoms with Crippen LogP contribution in [0, 0.1) is 5.82 Å². The molecule has 28 heavy (non-hydrogen) atoms. The van der Waals surface area contributed by atoms with Crippen molar-refractivity contribution in [2.45, 2.75) is 38.8 Å². The number of carbonyl (C=O) groups excluding carboxylic acids is 1. The third-order valence-electron chi connectivity index (χ3n) is 5.28. The van der Waals surface area contributed by atoms with Gasteiger partial charge in [-0.05, 0) is 43.2 Å². The standard InChI is InChI=1S/C22H27FN2O3/c1-3-22(27)25(18-7-5-17(23)6-8-18)19-10-12-24(13-11-19)15-16-4-9-20(28-2)14-21(16)26/h4-9,14,19,26H,3,10-13,15H2,1-2H3. The topological polar surface area (TPSA) is 53.0 Å². The van der Waals surface area contributed by atoms with E-state index in [2.05, 4.69) is 4.90 Å². The summed E-state index contributed by atoms with van der Waals surface area (Å²) in [5.74, 6) is 0.614. The monoisotopic (exact) mass is 386 g/mol. The summed E-state index contributed by atoms with van der Waals surface area (Å²) in [6.07, 6.45) is 2.08. The van der Waals surface area contributed by atoms with Gasteiger partial charge in [0.2, 0.25) is 5.91 Å². The molecule has 3 rings (SSSR count). The van der Waals surface area contributed by atoms with Gasteiger partial charge in [-0.2, -0.15) is 0 Å². The predicted molar refractivity (Wildman–Crippen MR) is 107 cm³/mol. The highest BCUT2D eigenvalue weighted by Crippen LogP contribution is 2.28. The summed E-state index contributed by atoms with van der Waals surface area (Å²) < 4.78 is 18.4. The summed E-state index contributed by atoms with van der Waals surface area (Å²) in [7, 11) is 1.57. The van der Waals surface area contributed by atoms with Crippen LogP contribution in [0.25, 0.3) is 0 Å². The molecule has 1 heterocycles. The lowest BCUT2D eigenvalue weighted by atomic mass is 10.0. The number of anilines is 1. The Morgan fingerprint density at radius 2 is 1.89 bits per heavy atom. The van der Waals surface area contributed by atoms with Crippen LogP contribution in [0.4, 0.5) is 10.1 Å². The lowest BCUT2D eigenvalue weighted by Gasteiger charge is -2.38. The van der Waals surface area contributed by atoms with Gasteiger partial charge in [0.25, 0.3) is 0 Å². The van der Waals surface area contributed by atoms with E-state index in [1.54, 1.807) is 25.3 Å². The molecule has 1 aliphatic heterocycles. The Kier molecular flexibility index (Phi) is 6.52. The van der Waals surface area contributed by atoms with E-state index >= 15 is 0 Å². The zero-order chi connectivity index (χ0) is 20.1. The van der Waals surface area contributed by atoms with E-state index in [-0.39, 0.29) is 23.5 Å². The number of phenolic OH excluding ortho intramolecular Hbond substituents is 1. The average Bonchev–Trinajstić information content (AvgIpc) is 2.72. The molecule has 0 atom stereocenters. The van der Waals surface area contributed by atoms with Crippen molar-refractivity contribution >= 4 is 11.6 Å². The Bertz CT molecular complexity index is 802. The number of nitrogens with zero attached hydrogens (tertiary/aromatic N) is 2. The molecule has 0 aromatic heterocycles. The van der Waals surface area contributed by atoms with Crippen LogP contribution in [-0.4, -0.2) is 42.2 Å². The summed E-state index contributed by atoms with van der Waals surface area (Å²) in [5, 5.41) is 10.2. The largest absolute Gasteiger partial charge is 0.507 e. The number of phenols is 1. The summed E-state index contributed by atoms with van der Waals surface area (Å²) in [6, 6.07) is 11.6. The van der Waals surface area contributed by atoms with Crippen molar-refractivity contribution in [2.75, 3.05) is 25.1 Å². The number of piperidine rings is 1. The number of amides is 1. The minimum absolute atomic E-state index is 0.0536. The summed E-state index contributed by atoms with van der Waals surface area (Å²) >= 11 is 0. The Morgan fingerprint density at radius 1 is 1.21 bits per heavy atom. The molecule has 1 aliphatic rings. The first kappa shape index (κ1) is 20.1. The minimum atomic E-state index is -0.304. The molecule has 6 heteroatoms. The van der Waals surface area contributed by atoms with Crippen molar-refractivity contribution in [3.8, 4) is 11.5 Å². The SMILES string of the molecule is CCC(=O)N(c1ccc(F)cc1)C1CCN(Cc2ccc(OC)cc2O)CC1. The van der Waals surface area contributed by atoms with Gasteiger partial charge in [-0.25, -0.2) is 4.39 Å². The molecule has 0 saturated carbocycles. The molecule has 0 unspecified atom stereocenters. The number of rotatable bonds is 6. The Balaban J connectivity index is 1.65. The average molecular weight is 386 g/mol. The van der Waals surface area contributed by atoms with Gasteiger partial charge in [-0.1, -0.05) is 13.0 Å². The van der Waals surface area contributed by atoms with Crippen LogP contribution in [0.1, 0.15) is 31.7 Å². The van der Waals surface area contributed by atoms with E-state index in [9.17, 15) is 14.3 Å². The van der Waals surface area contributed by atoms with Gasteiger partial charge < -0.3 is 14.7 Å². The van der Waals surface area contributed by atoms with E-state index < -0.39 is 0 Å². The van der Waals surface area contributed by atoms with Crippen molar-refractivity contribution in [2.24, 2.45) is 0 Å². The van der Waals surface area contributed by atoms with Crippen molar-refractivity contribution < 1.29 is 19.0 Å². The number of hydrogen-bond donors (Lipinski definition) is 1. The van der Waals surface area contributed by atoms with Crippen LogP contribution in [0.5, 0.6) is 11.5 Å². The van der Waals surface area contributed by atoms with Crippen LogP contribution in [0.2, 0.25) is 0 Å². The maximum atomic E-state index is 13.3. The van der Waals surface area contributed by atoms with Crippen LogP contribution in [0.3, 0.4) is 0 Å². The van der Waals surface area contributed by atoms with Crippen molar-refractivity contribution in [3.05, 3.63) is 53.8 Å². The molecule has 5 nitrogen and oxygen atoms in total. The Morgan fingerprint density at radius 3 is 2.46 bits per heavy atom.